The third-order valence-corrected chi connectivity index (χ3v) is 3.48. The first-order chi connectivity index (χ1) is 9.49. The summed E-state index contributed by atoms with van der Waals surface area (Å²) in [4.78, 5) is 12.2. The third-order valence-electron chi connectivity index (χ3n) is 2.53. The van der Waals surface area contributed by atoms with Crippen LogP contribution in [0.1, 0.15) is 15.9 Å². The summed E-state index contributed by atoms with van der Waals surface area (Å²) < 4.78 is 1.50. The summed E-state index contributed by atoms with van der Waals surface area (Å²) in [6.07, 6.45) is 0. The van der Waals surface area contributed by atoms with Crippen molar-refractivity contribution in [3.05, 3.63) is 56.5 Å². The zero-order valence-corrected chi connectivity index (χ0v) is 13.3. The Kier molecular flexibility index (Phi) is 4.42. The topological polar surface area (TPSA) is 78.9 Å². The Morgan fingerprint density at radius 1 is 1.15 bits per heavy atom. The molecule has 1 amide bonds. The van der Waals surface area contributed by atoms with Crippen molar-refractivity contribution in [1.29, 1.82) is 5.26 Å². The average molecular weight is 395 g/mol. The van der Waals surface area contributed by atoms with Gasteiger partial charge in [-0.05, 0) is 36.4 Å². The first-order valence-electron chi connectivity index (χ1n) is 5.56. The Bertz CT molecular complexity index is 703. The van der Waals surface area contributed by atoms with Gasteiger partial charge in [0.25, 0.3) is 5.91 Å². The molecule has 0 bridgehead atoms. The maximum Gasteiger partial charge on any atom is 0.255 e. The van der Waals surface area contributed by atoms with Gasteiger partial charge in [-0.2, -0.15) is 5.26 Å². The van der Waals surface area contributed by atoms with E-state index in [1.807, 2.05) is 6.07 Å². The van der Waals surface area contributed by atoms with E-state index in [1.165, 1.54) is 0 Å². The van der Waals surface area contributed by atoms with Gasteiger partial charge in [0.15, 0.2) is 0 Å². The van der Waals surface area contributed by atoms with Crippen LogP contribution in [0.3, 0.4) is 0 Å². The molecule has 2 aromatic carbocycles. The molecule has 2 rings (SSSR count). The van der Waals surface area contributed by atoms with Gasteiger partial charge in [-0.1, -0.05) is 31.9 Å². The normalized spacial score (nSPS) is 9.85. The van der Waals surface area contributed by atoms with Gasteiger partial charge in [0.1, 0.15) is 6.07 Å². The first-order valence-corrected chi connectivity index (χ1v) is 7.15. The number of hydrogen-bond donors (Lipinski definition) is 2. The minimum Gasteiger partial charge on any atom is -0.399 e. The van der Waals surface area contributed by atoms with E-state index < -0.39 is 0 Å². The molecule has 0 unspecified atom stereocenters. The summed E-state index contributed by atoms with van der Waals surface area (Å²) in [6.45, 7) is 0. The monoisotopic (exact) mass is 393 g/mol. The molecule has 4 nitrogen and oxygen atoms in total. The molecule has 0 saturated carbocycles. The molecule has 0 aliphatic heterocycles. The van der Waals surface area contributed by atoms with Gasteiger partial charge in [0, 0.05) is 20.2 Å². The molecule has 0 radical (unpaired) electrons. The van der Waals surface area contributed by atoms with Crippen molar-refractivity contribution in [3.8, 4) is 6.07 Å². The largest absolute Gasteiger partial charge is 0.399 e. The molecule has 0 atom stereocenters. The summed E-state index contributed by atoms with van der Waals surface area (Å²) >= 11 is 6.57. The van der Waals surface area contributed by atoms with Crippen molar-refractivity contribution in [2.75, 3.05) is 11.1 Å². The fourth-order valence-corrected chi connectivity index (χ4v) is 2.53. The average Bonchev–Trinajstić information content (AvgIpc) is 2.39. The lowest BCUT2D eigenvalue weighted by Gasteiger charge is -2.08. The van der Waals surface area contributed by atoms with Crippen LogP contribution in [0.15, 0.2) is 45.3 Å². The number of nitrogens with two attached hydrogens (primary N) is 1. The lowest BCUT2D eigenvalue weighted by Crippen LogP contribution is -2.13. The smallest absolute Gasteiger partial charge is 0.255 e. The van der Waals surface area contributed by atoms with E-state index in [0.717, 1.165) is 8.95 Å². The van der Waals surface area contributed by atoms with Crippen LogP contribution in [-0.4, -0.2) is 5.91 Å². The number of nitrogen functional groups attached to an aromatic ring is 1. The summed E-state index contributed by atoms with van der Waals surface area (Å²) in [5.41, 5.74) is 7.45. The number of benzene rings is 2. The Labute approximate surface area is 132 Å². The van der Waals surface area contributed by atoms with Crippen LogP contribution in [0.4, 0.5) is 11.4 Å². The van der Waals surface area contributed by atoms with Crippen molar-refractivity contribution in [3.63, 3.8) is 0 Å². The van der Waals surface area contributed by atoms with Crippen molar-refractivity contribution < 1.29 is 4.79 Å². The van der Waals surface area contributed by atoms with E-state index in [4.69, 9.17) is 11.0 Å². The number of halogens is 2. The number of amides is 1. The SMILES string of the molecule is N#Cc1cc(Br)ccc1NC(=O)c1cc(N)cc(Br)c1. The lowest BCUT2D eigenvalue weighted by atomic mass is 10.1. The Balaban J connectivity index is 2.30. The molecule has 0 fully saturated rings. The second-order valence-corrected chi connectivity index (χ2v) is 5.86. The van der Waals surface area contributed by atoms with Gasteiger partial charge in [0.2, 0.25) is 0 Å². The maximum absolute atomic E-state index is 12.2. The molecule has 100 valence electrons. The van der Waals surface area contributed by atoms with Crippen molar-refractivity contribution in [1.82, 2.24) is 0 Å². The number of anilines is 2. The molecule has 0 aliphatic rings. The number of nitrogens with zero attached hydrogens (tertiary/aromatic N) is 1. The van der Waals surface area contributed by atoms with E-state index in [0.29, 0.717) is 22.5 Å². The molecule has 0 aliphatic carbocycles. The number of carbonyl (C=O) groups is 1. The van der Waals surface area contributed by atoms with Crippen LogP contribution >= 0.6 is 31.9 Å². The predicted molar refractivity (Wildman–Crippen MR) is 85.4 cm³/mol. The molecule has 0 aromatic heterocycles. The summed E-state index contributed by atoms with van der Waals surface area (Å²) in [7, 11) is 0. The number of rotatable bonds is 2. The Hall–Kier alpha value is -1.84. The minimum atomic E-state index is -0.322. The van der Waals surface area contributed by atoms with E-state index in [2.05, 4.69) is 37.2 Å². The Morgan fingerprint density at radius 3 is 2.55 bits per heavy atom. The van der Waals surface area contributed by atoms with Crippen molar-refractivity contribution >= 4 is 49.1 Å². The van der Waals surface area contributed by atoms with E-state index in [9.17, 15) is 4.79 Å². The molecule has 2 aromatic rings. The van der Waals surface area contributed by atoms with Crippen LogP contribution in [0.25, 0.3) is 0 Å². The van der Waals surface area contributed by atoms with E-state index in [1.54, 1.807) is 36.4 Å². The van der Waals surface area contributed by atoms with Crippen LogP contribution < -0.4 is 11.1 Å². The maximum atomic E-state index is 12.2. The standard InChI is InChI=1S/C14H9Br2N3O/c15-10-1-2-13(9(4-10)7-17)19-14(20)8-3-11(16)6-12(18)5-8/h1-6H,18H2,(H,19,20). The molecular formula is C14H9Br2N3O. The molecule has 3 N–H and O–H groups in total. The predicted octanol–water partition coefficient (Wildman–Crippen LogP) is 3.92. The lowest BCUT2D eigenvalue weighted by molar-refractivity contribution is 0.102. The second-order valence-electron chi connectivity index (χ2n) is 4.03. The molecule has 20 heavy (non-hydrogen) atoms. The first kappa shape index (κ1) is 14.6. The summed E-state index contributed by atoms with van der Waals surface area (Å²) in [5.74, 6) is -0.322. The highest BCUT2D eigenvalue weighted by Crippen LogP contribution is 2.22. The van der Waals surface area contributed by atoms with Crippen LogP contribution in [0.2, 0.25) is 0 Å². The zero-order chi connectivity index (χ0) is 14.7. The van der Waals surface area contributed by atoms with Crippen LogP contribution in [0, 0.1) is 11.3 Å². The number of hydrogen-bond acceptors (Lipinski definition) is 3. The number of nitriles is 1. The van der Waals surface area contributed by atoms with Crippen LogP contribution in [-0.2, 0) is 0 Å². The minimum absolute atomic E-state index is 0.322. The number of carbonyl (C=O) groups excluding carboxylic acids is 1. The molecule has 0 saturated heterocycles. The van der Waals surface area contributed by atoms with Gasteiger partial charge >= 0.3 is 0 Å². The van der Waals surface area contributed by atoms with Gasteiger partial charge in [-0.15, -0.1) is 0 Å². The Morgan fingerprint density at radius 2 is 1.90 bits per heavy atom. The van der Waals surface area contributed by atoms with E-state index in [-0.39, 0.29) is 5.91 Å². The van der Waals surface area contributed by atoms with Crippen LogP contribution in [0.5, 0.6) is 0 Å². The third kappa shape index (κ3) is 3.38. The molecule has 6 heteroatoms. The highest BCUT2D eigenvalue weighted by Gasteiger charge is 2.10. The van der Waals surface area contributed by atoms with E-state index >= 15 is 0 Å². The van der Waals surface area contributed by atoms with Gasteiger partial charge < -0.3 is 11.1 Å². The van der Waals surface area contributed by atoms with Gasteiger partial charge in [-0.3, -0.25) is 4.79 Å². The van der Waals surface area contributed by atoms with Crippen molar-refractivity contribution in [2.24, 2.45) is 0 Å². The second kappa shape index (κ2) is 6.07. The summed E-state index contributed by atoms with van der Waals surface area (Å²) in [5, 5.41) is 11.8. The fraction of sp³-hybridized carbons (Fsp3) is 0. The molecular weight excluding hydrogens is 386 g/mol. The fourth-order valence-electron chi connectivity index (χ4n) is 1.66. The number of nitrogens with one attached hydrogen (secondary N) is 1. The molecule has 0 spiro atoms. The quantitative estimate of drug-likeness (QED) is 0.757. The zero-order valence-electron chi connectivity index (χ0n) is 10.2. The molecule has 0 heterocycles. The van der Waals surface area contributed by atoms with Gasteiger partial charge in [-0.25, -0.2) is 0 Å². The highest BCUT2D eigenvalue weighted by molar-refractivity contribution is 9.10. The highest BCUT2D eigenvalue weighted by atomic mass is 79.9. The summed E-state index contributed by atoms with van der Waals surface area (Å²) in [6, 6.07) is 12.0. The van der Waals surface area contributed by atoms with Crippen molar-refractivity contribution in [2.45, 2.75) is 0 Å². The van der Waals surface area contributed by atoms with Gasteiger partial charge in [0.05, 0.1) is 11.3 Å².